The first-order chi connectivity index (χ1) is 17.8. The largest absolute Gasteiger partial charge is 0.415 e. The lowest BCUT2D eigenvalue weighted by molar-refractivity contribution is -0.136. The summed E-state index contributed by atoms with van der Waals surface area (Å²) in [6.45, 7) is 6.14. The van der Waals surface area contributed by atoms with Gasteiger partial charge in [-0.1, -0.05) is 47.0 Å². The molecule has 2 aliphatic heterocycles. The molecule has 0 bridgehead atoms. The lowest BCUT2D eigenvalue weighted by atomic mass is 9.93. The number of piperidine rings is 1. The van der Waals surface area contributed by atoms with Crippen LogP contribution in [-0.4, -0.2) is 72.5 Å². The van der Waals surface area contributed by atoms with Crippen molar-refractivity contribution in [3.05, 3.63) is 63.6 Å². The maximum Gasteiger partial charge on any atom is 0.415 e. The second-order valence-electron chi connectivity index (χ2n) is 10.9. The molecule has 3 fully saturated rings. The summed E-state index contributed by atoms with van der Waals surface area (Å²) in [5, 5.41) is 0.952. The van der Waals surface area contributed by atoms with Crippen LogP contribution in [0.25, 0.3) is 0 Å². The predicted molar refractivity (Wildman–Crippen MR) is 146 cm³/mol. The molecule has 0 unspecified atom stereocenters. The number of carbonyl (C=O) groups is 2. The van der Waals surface area contributed by atoms with E-state index in [0.29, 0.717) is 28.9 Å². The van der Waals surface area contributed by atoms with Gasteiger partial charge in [-0.2, -0.15) is 0 Å². The Bertz CT molecular complexity index is 1130. The Balaban J connectivity index is 1.30. The zero-order chi connectivity index (χ0) is 26.1. The van der Waals surface area contributed by atoms with E-state index in [9.17, 15) is 9.59 Å². The van der Waals surface area contributed by atoms with E-state index in [1.807, 2.05) is 36.1 Å². The molecule has 1 saturated carbocycles. The van der Waals surface area contributed by atoms with Crippen LogP contribution in [0, 0.1) is 18.8 Å². The number of halogens is 2. The van der Waals surface area contributed by atoms with Gasteiger partial charge in [0.25, 0.3) is 0 Å². The molecule has 2 aromatic rings. The lowest BCUT2D eigenvalue weighted by Crippen LogP contribution is -2.45. The number of ether oxygens (including phenoxy) is 1. The average molecular weight is 545 g/mol. The molecule has 0 radical (unpaired) electrons. The maximum atomic E-state index is 13.6. The number of hydrogen-bond donors (Lipinski definition) is 0. The Hall–Kier alpha value is -2.28. The van der Waals surface area contributed by atoms with Crippen molar-refractivity contribution in [2.75, 3.05) is 39.8 Å². The third kappa shape index (κ3) is 6.24. The molecule has 198 valence electrons. The maximum absolute atomic E-state index is 13.6. The van der Waals surface area contributed by atoms with E-state index in [0.717, 1.165) is 43.0 Å². The third-order valence-electron chi connectivity index (χ3n) is 8.13. The van der Waals surface area contributed by atoms with E-state index in [2.05, 4.69) is 4.90 Å². The van der Waals surface area contributed by atoms with Crippen LogP contribution >= 0.6 is 23.2 Å². The van der Waals surface area contributed by atoms with Crippen LogP contribution in [0.4, 0.5) is 4.79 Å². The van der Waals surface area contributed by atoms with Crippen molar-refractivity contribution in [3.8, 4) is 5.75 Å². The van der Waals surface area contributed by atoms with E-state index >= 15 is 0 Å². The first kappa shape index (κ1) is 26.3. The Morgan fingerprint density at radius 2 is 1.68 bits per heavy atom. The number of aryl methyl sites for hydroxylation is 1. The standard InChI is InChI=1S/C29H35Cl2N3O3/c1-19-3-8-23(9-4-19)37-29(36)32(2)27-18-34(17-24(27)22-7-10-25(30)26(31)15-22)28(35)21-11-13-33(14-12-21)16-20-5-6-20/h3-4,7-10,15,20-21,24,27H,5-6,11-14,16-18H2,1-2H3/t24-,27+/m1/s1. The van der Waals surface area contributed by atoms with Crippen LogP contribution in [0.1, 0.15) is 42.7 Å². The fourth-order valence-corrected chi connectivity index (χ4v) is 5.94. The molecule has 3 aliphatic rings. The molecule has 2 heterocycles. The molecule has 0 spiro atoms. The highest BCUT2D eigenvalue weighted by molar-refractivity contribution is 6.42. The van der Waals surface area contributed by atoms with Crippen molar-refractivity contribution in [1.82, 2.24) is 14.7 Å². The van der Waals surface area contributed by atoms with E-state index < -0.39 is 6.09 Å². The first-order valence-corrected chi connectivity index (χ1v) is 14.0. The van der Waals surface area contributed by atoms with Crippen molar-refractivity contribution < 1.29 is 14.3 Å². The predicted octanol–water partition coefficient (Wildman–Crippen LogP) is 5.85. The SMILES string of the molecule is Cc1ccc(OC(=O)N(C)[C@H]2CN(C(=O)C3CCN(CC4CC4)CC3)C[C@@H]2c2ccc(Cl)c(Cl)c2)cc1. The van der Waals surface area contributed by atoms with Crippen LogP contribution in [0.15, 0.2) is 42.5 Å². The van der Waals surface area contributed by atoms with Gasteiger partial charge in [0.2, 0.25) is 5.91 Å². The molecule has 1 aliphatic carbocycles. The smallest absolute Gasteiger partial charge is 0.410 e. The fraction of sp³-hybridized carbons (Fsp3) is 0.517. The molecule has 2 saturated heterocycles. The number of likely N-dealkylation sites (tertiary alicyclic amines) is 2. The Morgan fingerprint density at radius 1 is 0.973 bits per heavy atom. The quantitative estimate of drug-likeness (QED) is 0.458. The van der Waals surface area contributed by atoms with E-state index in [-0.39, 0.29) is 23.8 Å². The van der Waals surface area contributed by atoms with E-state index in [1.54, 1.807) is 30.1 Å². The van der Waals surface area contributed by atoms with Gasteiger partial charge in [0.1, 0.15) is 5.75 Å². The minimum atomic E-state index is -0.443. The van der Waals surface area contributed by atoms with Crippen molar-refractivity contribution >= 4 is 35.2 Å². The second-order valence-corrected chi connectivity index (χ2v) is 11.7. The number of likely N-dealkylation sites (N-methyl/N-ethyl adjacent to an activating group) is 1. The monoisotopic (exact) mass is 543 g/mol. The molecule has 2 atom stereocenters. The van der Waals surface area contributed by atoms with Gasteiger partial charge in [0.15, 0.2) is 0 Å². The minimum Gasteiger partial charge on any atom is -0.410 e. The molecule has 0 aromatic heterocycles. The van der Waals surface area contributed by atoms with Crippen LogP contribution in [0.5, 0.6) is 5.75 Å². The Kier molecular flexibility index (Phi) is 7.99. The van der Waals surface area contributed by atoms with E-state index in [4.69, 9.17) is 27.9 Å². The lowest BCUT2D eigenvalue weighted by Gasteiger charge is -2.33. The molecule has 2 amide bonds. The van der Waals surface area contributed by atoms with Gasteiger partial charge in [-0.3, -0.25) is 4.79 Å². The number of carbonyl (C=O) groups excluding carboxylic acids is 2. The zero-order valence-corrected chi connectivity index (χ0v) is 23.0. The number of rotatable bonds is 6. The summed E-state index contributed by atoms with van der Waals surface area (Å²) in [6, 6.07) is 12.7. The van der Waals surface area contributed by atoms with Crippen molar-refractivity contribution in [2.45, 2.75) is 44.6 Å². The highest BCUT2D eigenvalue weighted by Gasteiger charge is 2.42. The number of nitrogens with zero attached hydrogens (tertiary/aromatic N) is 3. The highest BCUT2D eigenvalue weighted by Crippen LogP contribution is 2.36. The molecule has 37 heavy (non-hydrogen) atoms. The zero-order valence-electron chi connectivity index (χ0n) is 21.5. The molecular formula is C29H35Cl2N3O3. The van der Waals surface area contributed by atoms with Crippen LogP contribution in [-0.2, 0) is 4.79 Å². The van der Waals surface area contributed by atoms with E-state index in [1.165, 1.54) is 19.4 Å². The Morgan fingerprint density at radius 3 is 2.32 bits per heavy atom. The van der Waals surface area contributed by atoms with Crippen LogP contribution in [0.2, 0.25) is 10.0 Å². The average Bonchev–Trinajstić information content (AvgIpc) is 3.60. The molecule has 8 heteroatoms. The first-order valence-electron chi connectivity index (χ1n) is 13.3. The number of hydrogen-bond acceptors (Lipinski definition) is 4. The fourth-order valence-electron chi connectivity index (χ4n) is 5.63. The summed E-state index contributed by atoms with van der Waals surface area (Å²) in [7, 11) is 1.75. The summed E-state index contributed by atoms with van der Waals surface area (Å²) in [6.07, 6.45) is 4.06. The second kappa shape index (κ2) is 11.2. The summed E-state index contributed by atoms with van der Waals surface area (Å²) in [4.78, 5) is 32.8. The summed E-state index contributed by atoms with van der Waals surface area (Å²) >= 11 is 12.5. The normalized spacial score (nSPS) is 22.8. The Labute approximate surface area is 229 Å². The topological polar surface area (TPSA) is 53.1 Å². The summed E-state index contributed by atoms with van der Waals surface area (Å²) in [5.74, 6) is 1.50. The van der Waals surface area contributed by atoms with Gasteiger partial charge in [0.05, 0.1) is 16.1 Å². The van der Waals surface area contributed by atoms with Crippen molar-refractivity contribution in [3.63, 3.8) is 0 Å². The number of amides is 2. The van der Waals surface area contributed by atoms with Gasteiger partial charge < -0.3 is 19.4 Å². The molecule has 0 N–H and O–H groups in total. The van der Waals surface area contributed by atoms with Gasteiger partial charge in [-0.05, 0) is 81.4 Å². The number of benzene rings is 2. The van der Waals surface area contributed by atoms with Gasteiger partial charge in [-0.15, -0.1) is 0 Å². The minimum absolute atomic E-state index is 0.0356. The van der Waals surface area contributed by atoms with Gasteiger partial charge >= 0.3 is 6.09 Å². The summed E-state index contributed by atoms with van der Waals surface area (Å²) < 4.78 is 5.66. The van der Waals surface area contributed by atoms with Crippen LogP contribution in [0.3, 0.4) is 0 Å². The molecular weight excluding hydrogens is 509 g/mol. The van der Waals surface area contributed by atoms with Crippen molar-refractivity contribution in [1.29, 1.82) is 0 Å². The summed E-state index contributed by atoms with van der Waals surface area (Å²) in [5.41, 5.74) is 2.06. The highest BCUT2D eigenvalue weighted by atomic mass is 35.5. The molecule has 6 nitrogen and oxygen atoms in total. The molecule has 2 aromatic carbocycles. The molecule has 5 rings (SSSR count). The van der Waals surface area contributed by atoms with Gasteiger partial charge in [-0.25, -0.2) is 4.79 Å². The van der Waals surface area contributed by atoms with Gasteiger partial charge in [0, 0.05) is 38.5 Å². The van der Waals surface area contributed by atoms with Crippen molar-refractivity contribution in [2.24, 2.45) is 11.8 Å². The van der Waals surface area contributed by atoms with Crippen LogP contribution < -0.4 is 4.74 Å². The third-order valence-corrected chi connectivity index (χ3v) is 8.87.